The summed E-state index contributed by atoms with van der Waals surface area (Å²) in [5.41, 5.74) is 6.71. The van der Waals surface area contributed by atoms with Crippen LogP contribution in [0.5, 0.6) is 0 Å². The first kappa shape index (κ1) is 11.4. The predicted octanol–water partition coefficient (Wildman–Crippen LogP) is 2.85. The molecule has 2 fully saturated rings. The van der Waals surface area contributed by atoms with Gasteiger partial charge >= 0.3 is 0 Å². The van der Waals surface area contributed by atoms with Crippen molar-refractivity contribution in [1.29, 1.82) is 0 Å². The summed E-state index contributed by atoms with van der Waals surface area (Å²) in [4.78, 5) is 0. The van der Waals surface area contributed by atoms with Gasteiger partial charge in [-0.3, -0.25) is 0 Å². The molecule has 2 heteroatoms. The molecule has 2 aliphatic rings. The first-order valence-electron chi connectivity index (χ1n) is 6.65. The smallest absolute Gasteiger partial charge is 0.0468 e. The lowest BCUT2D eigenvalue weighted by Crippen LogP contribution is -2.42. The quantitative estimate of drug-likeness (QED) is 0.713. The van der Waals surface area contributed by atoms with Crippen molar-refractivity contribution in [2.75, 3.05) is 13.2 Å². The van der Waals surface area contributed by atoms with Gasteiger partial charge in [0, 0.05) is 18.8 Å². The van der Waals surface area contributed by atoms with E-state index in [1.165, 1.54) is 57.8 Å². The van der Waals surface area contributed by atoms with Gasteiger partial charge in [-0.1, -0.05) is 25.7 Å². The third kappa shape index (κ3) is 3.46. The number of hydrogen-bond acceptors (Lipinski definition) is 2. The molecule has 1 saturated carbocycles. The summed E-state index contributed by atoms with van der Waals surface area (Å²) < 4.78 is 5.41. The number of hydrogen-bond donors (Lipinski definition) is 1. The van der Waals surface area contributed by atoms with E-state index in [2.05, 4.69) is 0 Å². The van der Waals surface area contributed by atoms with Crippen molar-refractivity contribution < 1.29 is 4.74 Å². The number of nitrogens with two attached hydrogens (primary N) is 1. The highest BCUT2D eigenvalue weighted by molar-refractivity contribution is 4.88. The Balaban J connectivity index is 1.83. The van der Waals surface area contributed by atoms with E-state index in [1.54, 1.807) is 0 Å². The Morgan fingerprint density at radius 2 is 1.60 bits per heavy atom. The molecule has 1 heterocycles. The molecule has 2 N–H and O–H groups in total. The zero-order valence-electron chi connectivity index (χ0n) is 9.84. The van der Waals surface area contributed by atoms with Gasteiger partial charge in [0.15, 0.2) is 0 Å². The minimum Gasteiger partial charge on any atom is -0.381 e. The first-order valence-corrected chi connectivity index (χ1v) is 6.65. The minimum atomic E-state index is 0.165. The van der Waals surface area contributed by atoms with E-state index in [1.807, 2.05) is 0 Å². The molecule has 0 bridgehead atoms. The van der Waals surface area contributed by atoms with Crippen LogP contribution in [0, 0.1) is 5.92 Å². The largest absolute Gasteiger partial charge is 0.381 e. The minimum absolute atomic E-state index is 0.165. The van der Waals surface area contributed by atoms with Gasteiger partial charge in [-0.15, -0.1) is 0 Å². The average molecular weight is 211 g/mol. The van der Waals surface area contributed by atoms with Crippen molar-refractivity contribution in [3.63, 3.8) is 0 Å². The van der Waals surface area contributed by atoms with E-state index in [0.29, 0.717) is 0 Å². The van der Waals surface area contributed by atoms with E-state index in [-0.39, 0.29) is 5.54 Å². The lowest BCUT2D eigenvalue weighted by atomic mass is 9.79. The van der Waals surface area contributed by atoms with Gasteiger partial charge in [-0.05, 0) is 38.0 Å². The highest BCUT2D eigenvalue weighted by atomic mass is 16.5. The van der Waals surface area contributed by atoms with E-state index >= 15 is 0 Å². The van der Waals surface area contributed by atoms with Crippen LogP contribution in [0.1, 0.15) is 57.8 Å². The highest BCUT2D eigenvalue weighted by Gasteiger charge is 2.30. The standard InChI is InChI=1S/C13H25NO/c14-13(7-3-1-2-4-8-13)11-12-5-9-15-10-6-12/h12H,1-11,14H2. The Morgan fingerprint density at radius 3 is 2.20 bits per heavy atom. The fourth-order valence-corrected chi connectivity index (χ4v) is 3.16. The molecule has 0 aromatic rings. The van der Waals surface area contributed by atoms with Crippen LogP contribution in [0.3, 0.4) is 0 Å². The molecule has 15 heavy (non-hydrogen) atoms. The van der Waals surface area contributed by atoms with Crippen LogP contribution < -0.4 is 5.73 Å². The van der Waals surface area contributed by atoms with E-state index < -0.39 is 0 Å². The van der Waals surface area contributed by atoms with Crippen molar-refractivity contribution in [2.24, 2.45) is 11.7 Å². The van der Waals surface area contributed by atoms with Gasteiger partial charge in [0.1, 0.15) is 0 Å². The van der Waals surface area contributed by atoms with Crippen LogP contribution in [-0.2, 0) is 4.74 Å². The zero-order chi connectivity index (χ0) is 10.6. The van der Waals surface area contributed by atoms with Crippen molar-refractivity contribution >= 4 is 0 Å². The molecule has 2 nitrogen and oxygen atoms in total. The van der Waals surface area contributed by atoms with Crippen molar-refractivity contribution in [2.45, 2.75) is 63.3 Å². The second kappa shape index (κ2) is 5.31. The molecular weight excluding hydrogens is 186 g/mol. The van der Waals surface area contributed by atoms with Crippen LogP contribution >= 0.6 is 0 Å². The maximum absolute atomic E-state index is 6.55. The molecule has 0 unspecified atom stereocenters. The zero-order valence-corrected chi connectivity index (χ0v) is 9.84. The van der Waals surface area contributed by atoms with Crippen LogP contribution in [0.4, 0.5) is 0 Å². The summed E-state index contributed by atoms with van der Waals surface area (Å²) in [5.74, 6) is 0.835. The molecule has 88 valence electrons. The Bertz CT molecular complexity index is 179. The molecule has 0 amide bonds. The average Bonchev–Trinajstić information content (AvgIpc) is 2.45. The van der Waals surface area contributed by atoms with Crippen LogP contribution in [-0.4, -0.2) is 18.8 Å². The molecule has 1 aliphatic heterocycles. The Kier molecular flexibility index (Phi) is 4.04. The second-order valence-corrected chi connectivity index (χ2v) is 5.54. The van der Waals surface area contributed by atoms with Crippen molar-refractivity contribution in [3.05, 3.63) is 0 Å². The molecule has 1 aliphatic carbocycles. The summed E-state index contributed by atoms with van der Waals surface area (Å²) in [6.07, 6.45) is 11.7. The molecule has 0 radical (unpaired) electrons. The molecule has 0 aromatic carbocycles. The summed E-state index contributed by atoms with van der Waals surface area (Å²) in [5, 5.41) is 0. The Hall–Kier alpha value is -0.0800. The summed E-state index contributed by atoms with van der Waals surface area (Å²) in [7, 11) is 0. The molecule has 1 saturated heterocycles. The molecule has 2 rings (SSSR count). The SMILES string of the molecule is NC1(CC2CCOCC2)CCCCCC1. The van der Waals surface area contributed by atoms with E-state index in [4.69, 9.17) is 10.5 Å². The molecule has 0 atom stereocenters. The van der Waals surface area contributed by atoms with Gasteiger partial charge in [0.25, 0.3) is 0 Å². The van der Waals surface area contributed by atoms with Gasteiger partial charge in [0.05, 0.1) is 0 Å². The second-order valence-electron chi connectivity index (χ2n) is 5.54. The number of rotatable bonds is 2. The summed E-state index contributed by atoms with van der Waals surface area (Å²) in [6, 6.07) is 0. The fourth-order valence-electron chi connectivity index (χ4n) is 3.16. The monoisotopic (exact) mass is 211 g/mol. The summed E-state index contributed by atoms with van der Waals surface area (Å²) in [6.45, 7) is 1.92. The maximum atomic E-state index is 6.55. The molecule has 0 spiro atoms. The van der Waals surface area contributed by atoms with Crippen molar-refractivity contribution in [3.8, 4) is 0 Å². The van der Waals surface area contributed by atoms with Crippen molar-refractivity contribution in [1.82, 2.24) is 0 Å². The van der Waals surface area contributed by atoms with Crippen LogP contribution in [0.15, 0.2) is 0 Å². The molecule has 0 aromatic heterocycles. The van der Waals surface area contributed by atoms with Gasteiger partial charge < -0.3 is 10.5 Å². The number of ether oxygens (including phenoxy) is 1. The maximum Gasteiger partial charge on any atom is 0.0468 e. The highest BCUT2D eigenvalue weighted by Crippen LogP contribution is 2.33. The van der Waals surface area contributed by atoms with E-state index in [0.717, 1.165) is 19.1 Å². The lowest BCUT2D eigenvalue weighted by molar-refractivity contribution is 0.0548. The predicted molar refractivity (Wildman–Crippen MR) is 62.8 cm³/mol. The third-order valence-electron chi connectivity index (χ3n) is 4.14. The summed E-state index contributed by atoms with van der Waals surface area (Å²) >= 11 is 0. The molecular formula is C13H25NO. The van der Waals surface area contributed by atoms with Crippen LogP contribution in [0.2, 0.25) is 0 Å². The third-order valence-corrected chi connectivity index (χ3v) is 4.14. The Labute approximate surface area is 93.6 Å². The fraction of sp³-hybridized carbons (Fsp3) is 1.00. The lowest BCUT2D eigenvalue weighted by Gasteiger charge is -2.34. The van der Waals surface area contributed by atoms with Gasteiger partial charge in [-0.25, -0.2) is 0 Å². The van der Waals surface area contributed by atoms with Gasteiger partial charge in [0.2, 0.25) is 0 Å². The van der Waals surface area contributed by atoms with Gasteiger partial charge in [-0.2, -0.15) is 0 Å². The topological polar surface area (TPSA) is 35.2 Å². The Morgan fingerprint density at radius 1 is 1.00 bits per heavy atom. The normalized spacial score (nSPS) is 28.6. The van der Waals surface area contributed by atoms with Crippen LogP contribution in [0.25, 0.3) is 0 Å². The van der Waals surface area contributed by atoms with E-state index in [9.17, 15) is 0 Å². The first-order chi connectivity index (χ1) is 7.29.